The first kappa shape index (κ1) is 6.46. The van der Waals surface area contributed by atoms with Crippen LogP contribution in [0.2, 0.25) is 0 Å². The average molecular weight is 151 g/mol. The van der Waals surface area contributed by atoms with Gasteiger partial charge in [0, 0.05) is 0 Å². The van der Waals surface area contributed by atoms with Gasteiger partial charge >= 0.3 is 0 Å². The van der Waals surface area contributed by atoms with Crippen molar-refractivity contribution in [1.82, 2.24) is 0 Å². The van der Waals surface area contributed by atoms with E-state index in [1.165, 1.54) is 0 Å². The molecule has 2 rings (SSSR count). The van der Waals surface area contributed by atoms with Crippen LogP contribution < -0.4 is 0 Å². The molecule has 3 heteroatoms. The largest absolute Gasteiger partial charge is 0.463 e. The van der Waals surface area contributed by atoms with E-state index in [4.69, 9.17) is 9.62 Å². The zero-order valence-electron chi connectivity index (χ0n) is 6.08. The molecule has 0 saturated heterocycles. The van der Waals surface area contributed by atoms with Crippen molar-refractivity contribution in [2.75, 3.05) is 0 Å². The van der Waals surface area contributed by atoms with Crippen molar-refractivity contribution in [3.05, 3.63) is 23.7 Å². The molecule has 0 radical (unpaired) electrons. The third-order valence-electron chi connectivity index (χ3n) is 1.99. The molecule has 1 aromatic heterocycles. The summed E-state index contributed by atoms with van der Waals surface area (Å²) in [6.07, 6.45) is 4.54. The van der Waals surface area contributed by atoms with Crippen molar-refractivity contribution in [2.24, 2.45) is 5.16 Å². The molecule has 1 aliphatic rings. The predicted molar refractivity (Wildman–Crippen MR) is 40.0 cm³/mol. The van der Waals surface area contributed by atoms with Crippen molar-refractivity contribution >= 4 is 5.71 Å². The molecule has 3 nitrogen and oxygen atoms in total. The lowest BCUT2D eigenvalue weighted by Gasteiger charge is -2.09. The van der Waals surface area contributed by atoms with E-state index in [0.717, 1.165) is 30.6 Å². The molecule has 11 heavy (non-hydrogen) atoms. The van der Waals surface area contributed by atoms with Crippen molar-refractivity contribution in [1.29, 1.82) is 0 Å². The first-order valence-electron chi connectivity index (χ1n) is 3.69. The third-order valence-corrected chi connectivity index (χ3v) is 1.99. The van der Waals surface area contributed by atoms with Gasteiger partial charge in [-0.05, 0) is 30.9 Å². The van der Waals surface area contributed by atoms with Gasteiger partial charge in [0.15, 0.2) is 5.76 Å². The summed E-state index contributed by atoms with van der Waals surface area (Å²) < 4.78 is 5.17. The second-order valence-corrected chi connectivity index (χ2v) is 2.68. The normalized spacial score (nSPS) is 20.2. The second-order valence-electron chi connectivity index (χ2n) is 2.68. The van der Waals surface area contributed by atoms with Crippen LogP contribution in [-0.2, 0) is 6.42 Å². The maximum absolute atomic E-state index is 8.58. The van der Waals surface area contributed by atoms with Gasteiger partial charge in [0.2, 0.25) is 0 Å². The van der Waals surface area contributed by atoms with Crippen LogP contribution in [0, 0.1) is 0 Å². The van der Waals surface area contributed by atoms with E-state index >= 15 is 0 Å². The van der Waals surface area contributed by atoms with Crippen molar-refractivity contribution in [3.63, 3.8) is 0 Å². The predicted octanol–water partition coefficient (Wildman–Crippen LogP) is 1.79. The van der Waals surface area contributed by atoms with Crippen LogP contribution >= 0.6 is 0 Å². The van der Waals surface area contributed by atoms with Crippen LogP contribution in [0.3, 0.4) is 0 Å². The topological polar surface area (TPSA) is 45.7 Å². The number of rotatable bonds is 0. The van der Waals surface area contributed by atoms with E-state index in [-0.39, 0.29) is 0 Å². The number of fused-ring (bicyclic) bond motifs is 1. The molecule has 0 aliphatic heterocycles. The highest BCUT2D eigenvalue weighted by Crippen LogP contribution is 2.22. The SMILES string of the molecule is O/N=C1/CCCc2ccoc21. The Morgan fingerprint density at radius 2 is 2.36 bits per heavy atom. The van der Waals surface area contributed by atoms with Crippen LogP contribution in [0.15, 0.2) is 21.9 Å². The summed E-state index contributed by atoms with van der Waals surface area (Å²) in [5.41, 5.74) is 1.83. The lowest BCUT2D eigenvalue weighted by Crippen LogP contribution is -2.09. The Kier molecular flexibility index (Phi) is 1.42. The highest BCUT2D eigenvalue weighted by molar-refractivity contribution is 5.99. The van der Waals surface area contributed by atoms with E-state index in [1.807, 2.05) is 6.07 Å². The molecule has 0 bridgehead atoms. The minimum Gasteiger partial charge on any atom is -0.463 e. The molecule has 58 valence electrons. The van der Waals surface area contributed by atoms with Gasteiger partial charge in [-0.15, -0.1) is 0 Å². The quantitative estimate of drug-likeness (QED) is 0.454. The van der Waals surface area contributed by atoms with Gasteiger partial charge in [0.25, 0.3) is 0 Å². The zero-order valence-corrected chi connectivity index (χ0v) is 6.08. The van der Waals surface area contributed by atoms with Crippen LogP contribution in [0.5, 0.6) is 0 Å². The second kappa shape index (κ2) is 2.42. The van der Waals surface area contributed by atoms with E-state index in [9.17, 15) is 0 Å². The molecule has 1 aliphatic carbocycles. The standard InChI is InChI=1S/C8H9NO2/c10-9-7-3-1-2-6-4-5-11-8(6)7/h4-5,10H,1-3H2/b9-7-. The van der Waals surface area contributed by atoms with Crippen LogP contribution in [-0.4, -0.2) is 10.9 Å². The summed E-state index contributed by atoms with van der Waals surface area (Å²) in [7, 11) is 0. The molecule has 0 unspecified atom stereocenters. The lowest BCUT2D eigenvalue weighted by molar-refractivity contribution is 0.315. The van der Waals surface area contributed by atoms with Gasteiger partial charge in [0.05, 0.1) is 6.26 Å². The third kappa shape index (κ3) is 0.926. The molecule has 1 heterocycles. The summed E-state index contributed by atoms with van der Waals surface area (Å²) in [5, 5.41) is 11.8. The minimum atomic E-state index is 0.677. The first-order valence-corrected chi connectivity index (χ1v) is 3.69. The molecule has 0 atom stereocenters. The Bertz CT molecular complexity index is 288. The van der Waals surface area contributed by atoms with E-state index in [0.29, 0.717) is 5.71 Å². The fourth-order valence-electron chi connectivity index (χ4n) is 1.44. The minimum absolute atomic E-state index is 0.677. The van der Waals surface area contributed by atoms with E-state index < -0.39 is 0 Å². The van der Waals surface area contributed by atoms with Gasteiger partial charge in [-0.25, -0.2) is 0 Å². The molecule has 0 aromatic carbocycles. The summed E-state index contributed by atoms with van der Waals surface area (Å²) in [4.78, 5) is 0. The lowest BCUT2D eigenvalue weighted by atomic mass is 9.97. The van der Waals surface area contributed by atoms with Crippen LogP contribution in [0.4, 0.5) is 0 Å². The molecule has 0 saturated carbocycles. The monoisotopic (exact) mass is 151 g/mol. The fraction of sp³-hybridized carbons (Fsp3) is 0.375. The summed E-state index contributed by atoms with van der Waals surface area (Å²) in [5.74, 6) is 0.763. The Balaban J connectivity index is 2.48. The summed E-state index contributed by atoms with van der Waals surface area (Å²) in [6, 6.07) is 1.93. The molecular formula is C8H9NO2. The summed E-state index contributed by atoms with van der Waals surface area (Å²) in [6.45, 7) is 0. The highest BCUT2D eigenvalue weighted by Gasteiger charge is 2.18. The number of hydrogen-bond acceptors (Lipinski definition) is 3. The smallest absolute Gasteiger partial charge is 0.154 e. The number of aryl methyl sites for hydroxylation is 1. The Hall–Kier alpha value is -1.25. The number of furan rings is 1. The van der Waals surface area contributed by atoms with E-state index in [1.54, 1.807) is 6.26 Å². The Morgan fingerprint density at radius 3 is 3.18 bits per heavy atom. The number of hydrogen-bond donors (Lipinski definition) is 1. The summed E-state index contributed by atoms with van der Waals surface area (Å²) >= 11 is 0. The zero-order chi connectivity index (χ0) is 7.68. The molecular weight excluding hydrogens is 142 g/mol. The van der Waals surface area contributed by atoms with Crippen molar-refractivity contribution < 1.29 is 9.62 Å². The molecule has 0 spiro atoms. The molecule has 0 fully saturated rings. The maximum Gasteiger partial charge on any atom is 0.154 e. The highest BCUT2D eigenvalue weighted by atomic mass is 16.4. The van der Waals surface area contributed by atoms with Crippen molar-refractivity contribution in [2.45, 2.75) is 19.3 Å². The Morgan fingerprint density at radius 1 is 1.45 bits per heavy atom. The fourth-order valence-corrected chi connectivity index (χ4v) is 1.44. The molecule has 0 amide bonds. The Labute approximate surface area is 64.3 Å². The van der Waals surface area contributed by atoms with Crippen molar-refractivity contribution in [3.8, 4) is 0 Å². The van der Waals surface area contributed by atoms with Crippen LogP contribution in [0.25, 0.3) is 0 Å². The number of oxime groups is 1. The van der Waals surface area contributed by atoms with E-state index in [2.05, 4.69) is 5.16 Å². The van der Waals surface area contributed by atoms with Gasteiger partial charge < -0.3 is 9.62 Å². The van der Waals surface area contributed by atoms with Gasteiger partial charge in [-0.2, -0.15) is 0 Å². The van der Waals surface area contributed by atoms with Gasteiger partial charge in [0.1, 0.15) is 5.71 Å². The number of nitrogens with zero attached hydrogens (tertiary/aromatic N) is 1. The van der Waals surface area contributed by atoms with Crippen LogP contribution in [0.1, 0.15) is 24.2 Å². The molecule has 1 N–H and O–H groups in total. The average Bonchev–Trinajstić information content (AvgIpc) is 2.50. The van der Waals surface area contributed by atoms with Gasteiger partial charge in [-0.3, -0.25) is 0 Å². The van der Waals surface area contributed by atoms with Gasteiger partial charge in [-0.1, -0.05) is 5.16 Å². The first-order chi connectivity index (χ1) is 5.42. The maximum atomic E-state index is 8.58. The molecule has 1 aromatic rings.